The fourth-order valence-electron chi connectivity index (χ4n) is 1.32. The predicted octanol–water partition coefficient (Wildman–Crippen LogP) is 1.41. The van der Waals surface area contributed by atoms with Gasteiger partial charge in [-0.25, -0.2) is 9.78 Å². The molecule has 2 N–H and O–H groups in total. The lowest BCUT2D eigenvalue weighted by molar-refractivity contribution is 0.0659. The molecule has 0 aliphatic carbocycles. The number of carboxylic acids is 1. The number of carbonyl (C=O) groups is 2. The Bertz CT molecular complexity index is 547. The van der Waals surface area contributed by atoms with Gasteiger partial charge in [0.25, 0.3) is 5.91 Å². The summed E-state index contributed by atoms with van der Waals surface area (Å²) in [6, 6.07) is 2.58. The van der Waals surface area contributed by atoms with Crippen molar-refractivity contribution in [2.75, 3.05) is 6.54 Å². The van der Waals surface area contributed by atoms with Crippen LogP contribution in [0.15, 0.2) is 28.1 Å². The smallest absolute Gasteiger partial charge is 0.371 e. The van der Waals surface area contributed by atoms with Gasteiger partial charge in [0.2, 0.25) is 5.76 Å². The summed E-state index contributed by atoms with van der Waals surface area (Å²) in [5, 5.41) is 14.1. The zero-order chi connectivity index (χ0) is 13.0. The number of hydrogen-bond acceptors (Lipinski definition) is 5. The monoisotopic (exact) mass is 266 g/mol. The lowest BCUT2D eigenvalue weighted by Gasteiger charge is -2.00. The molecule has 0 bridgehead atoms. The van der Waals surface area contributed by atoms with Gasteiger partial charge < -0.3 is 14.8 Å². The second kappa shape index (κ2) is 5.46. The minimum atomic E-state index is -1.20. The van der Waals surface area contributed by atoms with E-state index in [1.165, 1.54) is 23.5 Å². The molecular weight excluding hydrogens is 256 g/mol. The van der Waals surface area contributed by atoms with Crippen LogP contribution in [0.2, 0.25) is 0 Å². The van der Waals surface area contributed by atoms with E-state index in [2.05, 4.69) is 10.3 Å². The summed E-state index contributed by atoms with van der Waals surface area (Å²) in [4.78, 5) is 26.2. The summed E-state index contributed by atoms with van der Waals surface area (Å²) in [6.07, 6.45) is 2.34. The van der Waals surface area contributed by atoms with Gasteiger partial charge in [-0.05, 0) is 12.1 Å². The van der Waals surface area contributed by atoms with Crippen molar-refractivity contribution >= 4 is 23.2 Å². The Kier molecular flexibility index (Phi) is 3.73. The van der Waals surface area contributed by atoms with Gasteiger partial charge in [-0.3, -0.25) is 4.79 Å². The third kappa shape index (κ3) is 2.95. The van der Waals surface area contributed by atoms with Crippen molar-refractivity contribution in [3.05, 3.63) is 40.2 Å². The minimum absolute atomic E-state index is 0.00783. The van der Waals surface area contributed by atoms with Crippen LogP contribution in [0.3, 0.4) is 0 Å². The highest BCUT2D eigenvalue weighted by atomic mass is 32.1. The molecule has 0 fully saturated rings. The average Bonchev–Trinajstić information content (AvgIpc) is 2.99. The number of aromatic nitrogens is 1. The van der Waals surface area contributed by atoms with Crippen molar-refractivity contribution in [2.45, 2.75) is 6.42 Å². The van der Waals surface area contributed by atoms with E-state index in [1.807, 2.05) is 5.38 Å². The van der Waals surface area contributed by atoms with E-state index >= 15 is 0 Å². The second-order valence-corrected chi connectivity index (χ2v) is 4.38. The zero-order valence-corrected chi connectivity index (χ0v) is 10.1. The third-order valence-electron chi connectivity index (χ3n) is 2.15. The Morgan fingerprint density at radius 2 is 2.17 bits per heavy atom. The first kappa shape index (κ1) is 12.3. The molecular formula is C11H10N2O4S. The largest absolute Gasteiger partial charge is 0.475 e. The molecule has 0 saturated carbocycles. The first-order valence-corrected chi connectivity index (χ1v) is 6.04. The molecule has 0 atom stereocenters. The maximum Gasteiger partial charge on any atom is 0.371 e. The molecule has 7 heteroatoms. The maximum absolute atomic E-state index is 11.6. The number of nitrogens with zero attached hydrogens (tertiary/aromatic N) is 1. The maximum atomic E-state index is 11.6. The Hall–Kier alpha value is -2.15. The minimum Gasteiger partial charge on any atom is -0.475 e. The Labute approximate surface area is 106 Å². The van der Waals surface area contributed by atoms with Gasteiger partial charge in [0, 0.05) is 24.5 Å². The van der Waals surface area contributed by atoms with Crippen LogP contribution < -0.4 is 5.32 Å². The fraction of sp³-hybridized carbons (Fsp3) is 0.182. The predicted molar refractivity (Wildman–Crippen MR) is 63.8 cm³/mol. The standard InChI is InChI=1S/C11H10N2O4S/c14-10(7-1-2-8(17-7)11(15)16)13-4-3-9-12-5-6-18-9/h1-2,5-6H,3-4H2,(H,13,14)(H,15,16). The van der Waals surface area contributed by atoms with Gasteiger partial charge >= 0.3 is 5.97 Å². The number of carbonyl (C=O) groups excluding carboxylic acids is 1. The lowest BCUT2D eigenvalue weighted by Crippen LogP contribution is -2.25. The molecule has 18 heavy (non-hydrogen) atoms. The van der Waals surface area contributed by atoms with E-state index in [-0.39, 0.29) is 11.5 Å². The highest BCUT2D eigenvalue weighted by Crippen LogP contribution is 2.08. The molecule has 0 spiro atoms. The Balaban J connectivity index is 1.85. The number of hydrogen-bond donors (Lipinski definition) is 2. The van der Waals surface area contributed by atoms with Crippen LogP contribution in [0.5, 0.6) is 0 Å². The van der Waals surface area contributed by atoms with E-state index in [0.29, 0.717) is 13.0 Å². The number of amides is 1. The Morgan fingerprint density at radius 1 is 1.39 bits per heavy atom. The van der Waals surface area contributed by atoms with E-state index in [4.69, 9.17) is 9.52 Å². The van der Waals surface area contributed by atoms with Crippen LogP contribution in [0, 0.1) is 0 Å². The average molecular weight is 266 g/mol. The van der Waals surface area contributed by atoms with E-state index < -0.39 is 11.9 Å². The van der Waals surface area contributed by atoms with Crippen LogP contribution in [0.4, 0.5) is 0 Å². The molecule has 0 aliphatic rings. The van der Waals surface area contributed by atoms with Crippen molar-refractivity contribution in [3.63, 3.8) is 0 Å². The van der Waals surface area contributed by atoms with Crippen LogP contribution in [0.1, 0.15) is 26.1 Å². The van der Waals surface area contributed by atoms with Gasteiger partial charge in [0.15, 0.2) is 5.76 Å². The van der Waals surface area contributed by atoms with Crippen molar-refractivity contribution < 1.29 is 19.1 Å². The highest BCUT2D eigenvalue weighted by molar-refractivity contribution is 7.09. The van der Waals surface area contributed by atoms with E-state index in [0.717, 1.165) is 5.01 Å². The molecule has 2 rings (SSSR count). The van der Waals surface area contributed by atoms with Gasteiger partial charge in [-0.1, -0.05) is 0 Å². The SMILES string of the molecule is O=C(O)c1ccc(C(=O)NCCc2nccs2)o1. The van der Waals surface area contributed by atoms with Crippen LogP contribution in [-0.2, 0) is 6.42 Å². The molecule has 0 radical (unpaired) electrons. The molecule has 2 aromatic heterocycles. The lowest BCUT2D eigenvalue weighted by atomic mass is 10.4. The molecule has 2 aromatic rings. The molecule has 0 saturated heterocycles. The quantitative estimate of drug-likeness (QED) is 0.853. The molecule has 6 nitrogen and oxygen atoms in total. The molecule has 1 amide bonds. The fourth-order valence-corrected chi connectivity index (χ4v) is 1.94. The summed E-state index contributed by atoms with van der Waals surface area (Å²) in [6.45, 7) is 0.426. The van der Waals surface area contributed by atoms with Crippen molar-refractivity contribution in [1.29, 1.82) is 0 Å². The first-order valence-electron chi connectivity index (χ1n) is 5.16. The first-order chi connectivity index (χ1) is 8.66. The number of furan rings is 1. The van der Waals surface area contributed by atoms with Crippen molar-refractivity contribution in [1.82, 2.24) is 10.3 Å². The molecule has 2 heterocycles. The van der Waals surface area contributed by atoms with Gasteiger partial charge in [0.05, 0.1) is 5.01 Å². The summed E-state index contributed by atoms with van der Waals surface area (Å²) < 4.78 is 4.87. The highest BCUT2D eigenvalue weighted by Gasteiger charge is 2.14. The summed E-state index contributed by atoms with van der Waals surface area (Å²) in [5.74, 6) is -1.89. The number of carboxylic acid groups (broad SMARTS) is 1. The van der Waals surface area contributed by atoms with Gasteiger partial charge in [-0.2, -0.15) is 0 Å². The van der Waals surface area contributed by atoms with Gasteiger partial charge in [-0.15, -0.1) is 11.3 Å². The Morgan fingerprint density at radius 3 is 2.78 bits per heavy atom. The summed E-state index contributed by atoms with van der Waals surface area (Å²) in [7, 11) is 0. The van der Waals surface area contributed by atoms with E-state index in [1.54, 1.807) is 6.20 Å². The number of nitrogens with one attached hydrogen (secondary N) is 1. The van der Waals surface area contributed by atoms with Crippen LogP contribution in [0.25, 0.3) is 0 Å². The number of aromatic carboxylic acids is 1. The van der Waals surface area contributed by atoms with Crippen molar-refractivity contribution in [3.8, 4) is 0 Å². The normalized spacial score (nSPS) is 10.2. The van der Waals surface area contributed by atoms with Crippen LogP contribution >= 0.6 is 11.3 Å². The molecule has 0 aliphatic heterocycles. The summed E-state index contributed by atoms with van der Waals surface area (Å²) >= 11 is 1.51. The third-order valence-corrected chi connectivity index (χ3v) is 2.99. The van der Waals surface area contributed by atoms with Crippen LogP contribution in [-0.4, -0.2) is 28.5 Å². The number of thiazole rings is 1. The van der Waals surface area contributed by atoms with Gasteiger partial charge in [0.1, 0.15) is 0 Å². The summed E-state index contributed by atoms with van der Waals surface area (Å²) in [5.41, 5.74) is 0. The zero-order valence-electron chi connectivity index (χ0n) is 9.25. The second-order valence-electron chi connectivity index (χ2n) is 3.40. The molecule has 0 aromatic carbocycles. The topological polar surface area (TPSA) is 92.4 Å². The molecule has 0 unspecified atom stereocenters. The van der Waals surface area contributed by atoms with E-state index in [9.17, 15) is 9.59 Å². The molecule has 94 valence electrons. The number of rotatable bonds is 5. The van der Waals surface area contributed by atoms with Crippen molar-refractivity contribution in [2.24, 2.45) is 0 Å².